The van der Waals surface area contributed by atoms with E-state index in [1.807, 2.05) is 16.7 Å². The molecule has 0 amide bonds. The summed E-state index contributed by atoms with van der Waals surface area (Å²) in [5.74, 6) is 0.722. The van der Waals surface area contributed by atoms with Crippen LogP contribution in [0.25, 0.3) is 0 Å². The number of hydrogen-bond donors (Lipinski definition) is 1. The molecule has 0 aliphatic carbocycles. The predicted molar refractivity (Wildman–Crippen MR) is 79.1 cm³/mol. The third kappa shape index (κ3) is 3.85. The van der Waals surface area contributed by atoms with Crippen LogP contribution in [-0.2, 0) is 18.9 Å². The van der Waals surface area contributed by atoms with Gasteiger partial charge in [-0.3, -0.25) is 0 Å². The highest BCUT2D eigenvalue weighted by atomic mass is 32.2. The van der Waals surface area contributed by atoms with Crippen molar-refractivity contribution in [2.45, 2.75) is 30.5 Å². The first-order chi connectivity index (χ1) is 10.3. The number of aromatic nitrogens is 2. The molecular weight excluding hydrogens is 284 g/mol. The Morgan fingerprint density at radius 3 is 2.62 bits per heavy atom. The van der Waals surface area contributed by atoms with Crippen molar-refractivity contribution in [3.63, 3.8) is 0 Å². The SMILES string of the molecule is N#CCCn1c(CO)cnc1SCc1ccc(C#N)cc1. The third-order valence-corrected chi connectivity index (χ3v) is 4.02. The summed E-state index contributed by atoms with van der Waals surface area (Å²) in [6.45, 7) is 0.442. The normalized spacial score (nSPS) is 10.0. The standard InChI is InChI=1S/C15H14N4OS/c16-6-1-7-19-14(10-20)9-18-15(19)21-11-13-4-2-12(8-17)3-5-13/h2-5,9,20H,1,7,10-11H2. The second-order valence-corrected chi connectivity index (χ2v) is 5.29. The van der Waals surface area contributed by atoms with Gasteiger partial charge in [0.05, 0.1) is 42.6 Å². The van der Waals surface area contributed by atoms with Crippen molar-refractivity contribution in [1.82, 2.24) is 9.55 Å². The van der Waals surface area contributed by atoms with Gasteiger partial charge < -0.3 is 9.67 Å². The van der Waals surface area contributed by atoms with Gasteiger partial charge in [-0.2, -0.15) is 10.5 Å². The zero-order valence-electron chi connectivity index (χ0n) is 11.4. The van der Waals surface area contributed by atoms with E-state index in [0.29, 0.717) is 24.2 Å². The lowest BCUT2D eigenvalue weighted by Crippen LogP contribution is -2.04. The Morgan fingerprint density at radius 2 is 2.00 bits per heavy atom. The van der Waals surface area contributed by atoms with Crippen molar-refractivity contribution < 1.29 is 5.11 Å². The molecule has 106 valence electrons. The van der Waals surface area contributed by atoms with Gasteiger partial charge in [-0.15, -0.1) is 0 Å². The molecule has 0 spiro atoms. The van der Waals surface area contributed by atoms with E-state index in [4.69, 9.17) is 10.5 Å². The summed E-state index contributed by atoms with van der Waals surface area (Å²) < 4.78 is 1.87. The minimum Gasteiger partial charge on any atom is -0.390 e. The van der Waals surface area contributed by atoms with E-state index in [1.165, 1.54) is 0 Å². The Kier molecular flexibility index (Phi) is 5.39. The fourth-order valence-electron chi connectivity index (χ4n) is 1.86. The predicted octanol–water partition coefficient (Wildman–Crippen LogP) is 2.45. The minimum absolute atomic E-state index is 0.0874. The van der Waals surface area contributed by atoms with Gasteiger partial charge in [0.25, 0.3) is 0 Å². The van der Waals surface area contributed by atoms with Crippen molar-refractivity contribution >= 4 is 11.8 Å². The summed E-state index contributed by atoms with van der Waals surface area (Å²) in [5, 5.41) is 27.5. The molecule has 0 aliphatic rings. The van der Waals surface area contributed by atoms with E-state index >= 15 is 0 Å². The number of benzene rings is 1. The first-order valence-corrected chi connectivity index (χ1v) is 7.41. The van der Waals surface area contributed by atoms with Gasteiger partial charge in [0.15, 0.2) is 5.16 Å². The lowest BCUT2D eigenvalue weighted by atomic mass is 10.2. The molecular formula is C15H14N4OS. The largest absolute Gasteiger partial charge is 0.390 e. The summed E-state index contributed by atoms with van der Waals surface area (Å²) >= 11 is 1.55. The van der Waals surface area contributed by atoms with Crippen LogP contribution in [0.1, 0.15) is 23.2 Å². The Labute approximate surface area is 127 Å². The van der Waals surface area contributed by atoms with Gasteiger partial charge in [-0.1, -0.05) is 23.9 Å². The average molecular weight is 298 g/mol. The molecule has 2 rings (SSSR count). The molecule has 0 unspecified atom stereocenters. The van der Waals surface area contributed by atoms with Crippen molar-refractivity contribution in [2.75, 3.05) is 0 Å². The summed E-state index contributed by atoms with van der Waals surface area (Å²) in [7, 11) is 0. The number of imidazole rings is 1. The first kappa shape index (κ1) is 15.1. The molecule has 0 fully saturated rings. The van der Waals surface area contributed by atoms with Crippen LogP contribution in [0.2, 0.25) is 0 Å². The molecule has 0 atom stereocenters. The van der Waals surface area contributed by atoms with Gasteiger partial charge >= 0.3 is 0 Å². The smallest absolute Gasteiger partial charge is 0.168 e. The molecule has 6 heteroatoms. The van der Waals surface area contributed by atoms with Crippen molar-refractivity contribution in [3.8, 4) is 12.1 Å². The second-order valence-electron chi connectivity index (χ2n) is 4.35. The molecule has 1 aromatic heterocycles. The highest BCUT2D eigenvalue weighted by molar-refractivity contribution is 7.98. The van der Waals surface area contributed by atoms with Crippen molar-refractivity contribution in [2.24, 2.45) is 0 Å². The van der Waals surface area contributed by atoms with Crippen LogP contribution in [-0.4, -0.2) is 14.7 Å². The van der Waals surface area contributed by atoms with Crippen LogP contribution in [0.15, 0.2) is 35.6 Å². The number of nitrogens with zero attached hydrogens (tertiary/aromatic N) is 4. The highest BCUT2D eigenvalue weighted by Gasteiger charge is 2.09. The van der Waals surface area contributed by atoms with E-state index in [-0.39, 0.29) is 6.61 Å². The number of nitriles is 2. The molecule has 2 aromatic rings. The monoisotopic (exact) mass is 298 g/mol. The average Bonchev–Trinajstić information content (AvgIpc) is 2.93. The summed E-state index contributed by atoms with van der Waals surface area (Å²) in [6.07, 6.45) is 2.02. The fraction of sp³-hybridized carbons (Fsp3) is 0.267. The maximum absolute atomic E-state index is 9.29. The number of aliphatic hydroxyl groups excluding tert-OH is 1. The number of rotatable bonds is 6. The summed E-state index contributed by atoms with van der Waals surface area (Å²) in [5.41, 5.74) is 2.45. The lowest BCUT2D eigenvalue weighted by Gasteiger charge is -2.08. The molecule has 1 N–H and O–H groups in total. The van der Waals surface area contributed by atoms with Crippen molar-refractivity contribution in [3.05, 3.63) is 47.3 Å². The van der Waals surface area contributed by atoms with Crippen LogP contribution in [0.3, 0.4) is 0 Å². The van der Waals surface area contributed by atoms with Crippen LogP contribution in [0, 0.1) is 22.7 Å². The van der Waals surface area contributed by atoms with Crippen LogP contribution in [0.5, 0.6) is 0 Å². The lowest BCUT2D eigenvalue weighted by molar-refractivity contribution is 0.269. The minimum atomic E-state index is -0.0874. The molecule has 1 heterocycles. The molecule has 0 aliphatic heterocycles. The molecule has 5 nitrogen and oxygen atoms in total. The number of hydrogen-bond acceptors (Lipinski definition) is 5. The zero-order chi connectivity index (χ0) is 15.1. The first-order valence-electron chi connectivity index (χ1n) is 6.42. The van der Waals surface area contributed by atoms with Crippen LogP contribution in [0.4, 0.5) is 0 Å². The van der Waals surface area contributed by atoms with E-state index in [2.05, 4.69) is 17.1 Å². The molecule has 21 heavy (non-hydrogen) atoms. The van der Waals surface area contributed by atoms with Gasteiger partial charge in [-0.25, -0.2) is 4.98 Å². The maximum Gasteiger partial charge on any atom is 0.168 e. The maximum atomic E-state index is 9.29. The third-order valence-electron chi connectivity index (χ3n) is 2.96. The summed E-state index contributed by atoms with van der Waals surface area (Å²) in [6, 6.07) is 11.6. The van der Waals surface area contributed by atoms with Crippen molar-refractivity contribution in [1.29, 1.82) is 10.5 Å². The Bertz CT molecular complexity index is 679. The van der Waals surface area contributed by atoms with Gasteiger partial charge in [0.2, 0.25) is 0 Å². The van der Waals surface area contributed by atoms with Crippen LogP contribution < -0.4 is 0 Å². The second kappa shape index (κ2) is 7.49. The van der Waals surface area contributed by atoms with Gasteiger partial charge in [0, 0.05) is 12.3 Å². The molecule has 0 saturated heterocycles. The summed E-state index contributed by atoms with van der Waals surface area (Å²) in [4.78, 5) is 4.29. The van der Waals surface area contributed by atoms with E-state index < -0.39 is 0 Å². The molecule has 0 saturated carbocycles. The van der Waals surface area contributed by atoms with E-state index in [0.717, 1.165) is 16.5 Å². The molecule has 1 aromatic carbocycles. The van der Waals surface area contributed by atoms with Gasteiger partial charge in [0.1, 0.15) is 0 Å². The van der Waals surface area contributed by atoms with Gasteiger partial charge in [-0.05, 0) is 17.7 Å². The highest BCUT2D eigenvalue weighted by Crippen LogP contribution is 2.23. The Morgan fingerprint density at radius 1 is 1.24 bits per heavy atom. The Balaban J connectivity index is 2.07. The number of thioether (sulfide) groups is 1. The Hall–Kier alpha value is -2.28. The van der Waals surface area contributed by atoms with E-state index in [1.54, 1.807) is 30.1 Å². The van der Waals surface area contributed by atoms with Crippen LogP contribution >= 0.6 is 11.8 Å². The number of aliphatic hydroxyl groups is 1. The molecule has 0 radical (unpaired) electrons. The zero-order valence-corrected chi connectivity index (χ0v) is 12.2. The molecule has 0 bridgehead atoms. The fourth-order valence-corrected chi connectivity index (χ4v) is 2.84. The van der Waals surface area contributed by atoms with E-state index in [9.17, 15) is 5.11 Å². The topological polar surface area (TPSA) is 85.6 Å². The quantitative estimate of drug-likeness (QED) is 0.828.